The van der Waals surface area contributed by atoms with Crippen molar-refractivity contribution >= 4 is 34.4 Å². The summed E-state index contributed by atoms with van der Waals surface area (Å²) in [5.41, 5.74) is 4.53. The van der Waals surface area contributed by atoms with E-state index in [1.54, 1.807) is 18.3 Å². The second kappa shape index (κ2) is 11.3. The van der Waals surface area contributed by atoms with E-state index < -0.39 is 5.97 Å². The maximum atomic E-state index is 13.3. The molecule has 0 atom stereocenters. The molecule has 0 radical (unpaired) electrons. The lowest BCUT2D eigenvalue weighted by Gasteiger charge is -2.27. The van der Waals surface area contributed by atoms with Crippen LogP contribution in [0.2, 0.25) is 5.02 Å². The van der Waals surface area contributed by atoms with Gasteiger partial charge >= 0.3 is 5.97 Å². The number of carbonyl (C=O) groups is 2. The molecule has 2 heterocycles. The summed E-state index contributed by atoms with van der Waals surface area (Å²) in [6, 6.07) is 17.6. The van der Waals surface area contributed by atoms with Gasteiger partial charge in [0.25, 0.3) is 5.91 Å². The number of benzene rings is 2. The number of aliphatic carboxylic acids is 1. The van der Waals surface area contributed by atoms with E-state index in [4.69, 9.17) is 16.3 Å². The van der Waals surface area contributed by atoms with Crippen LogP contribution in [0.25, 0.3) is 22.0 Å². The van der Waals surface area contributed by atoms with E-state index in [2.05, 4.69) is 34.6 Å². The number of rotatable bonds is 8. The highest BCUT2D eigenvalue weighted by Gasteiger charge is 2.27. The molecule has 0 spiro atoms. The molecule has 0 unspecified atom stereocenters. The van der Waals surface area contributed by atoms with Crippen LogP contribution in [0.5, 0.6) is 5.88 Å². The summed E-state index contributed by atoms with van der Waals surface area (Å²) in [5, 5.41) is 13.8. The van der Waals surface area contributed by atoms with E-state index >= 15 is 0 Å². The van der Waals surface area contributed by atoms with Gasteiger partial charge in [0.2, 0.25) is 5.88 Å². The highest BCUT2D eigenvalue weighted by atomic mass is 35.5. The number of pyridine rings is 1. The summed E-state index contributed by atoms with van der Waals surface area (Å²) in [5.74, 6) is -0.635. The molecule has 8 heteroatoms. The molecule has 1 aliphatic carbocycles. The lowest BCUT2D eigenvalue weighted by atomic mass is 9.86. The van der Waals surface area contributed by atoms with Gasteiger partial charge in [-0.1, -0.05) is 35.9 Å². The molecule has 4 aromatic rings. The normalized spacial score (nSPS) is 17.3. The fourth-order valence-electron chi connectivity index (χ4n) is 5.17. The molecular formula is C30H30ClN3O4. The van der Waals surface area contributed by atoms with Crippen molar-refractivity contribution in [1.29, 1.82) is 0 Å². The van der Waals surface area contributed by atoms with Crippen LogP contribution in [0.3, 0.4) is 0 Å². The smallest absolute Gasteiger partial charge is 0.306 e. The maximum absolute atomic E-state index is 13.3. The number of hydrogen-bond acceptors (Lipinski definition) is 4. The molecule has 38 heavy (non-hydrogen) atoms. The Balaban J connectivity index is 1.35. The Morgan fingerprint density at radius 3 is 2.53 bits per heavy atom. The fraction of sp³-hybridized carbons (Fsp3) is 0.300. The van der Waals surface area contributed by atoms with Crippen LogP contribution in [-0.2, 0) is 11.3 Å². The minimum absolute atomic E-state index is 0.0313. The topological polar surface area (TPSA) is 93.5 Å². The first-order chi connectivity index (χ1) is 18.4. The van der Waals surface area contributed by atoms with E-state index in [0.717, 1.165) is 27.6 Å². The van der Waals surface area contributed by atoms with E-state index in [1.165, 1.54) is 0 Å². The van der Waals surface area contributed by atoms with E-state index in [0.29, 0.717) is 55.3 Å². The van der Waals surface area contributed by atoms with E-state index in [9.17, 15) is 14.7 Å². The Kier molecular flexibility index (Phi) is 7.65. The molecule has 7 nitrogen and oxygen atoms in total. The van der Waals surface area contributed by atoms with Gasteiger partial charge < -0.3 is 19.7 Å². The van der Waals surface area contributed by atoms with Gasteiger partial charge in [0.1, 0.15) is 0 Å². The number of carboxylic acid groups (broad SMARTS) is 1. The third kappa shape index (κ3) is 5.53. The molecule has 2 N–H and O–H groups in total. The van der Waals surface area contributed by atoms with Gasteiger partial charge in [-0.2, -0.15) is 0 Å². The Labute approximate surface area is 226 Å². The molecule has 1 fully saturated rings. The molecule has 1 aliphatic rings. The molecule has 0 bridgehead atoms. The second-order valence-electron chi connectivity index (χ2n) is 9.67. The number of nitrogens with zero attached hydrogens (tertiary/aromatic N) is 2. The molecular weight excluding hydrogens is 502 g/mol. The van der Waals surface area contributed by atoms with Crippen molar-refractivity contribution in [3.63, 3.8) is 0 Å². The average molecular weight is 532 g/mol. The lowest BCUT2D eigenvalue weighted by Crippen LogP contribution is -2.38. The first-order valence-electron chi connectivity index (χ1n) is 12.9. The van der Waals surface area contributed by atoms with Crippen molar-refractivity contribution in [3.8, 4) is 17.0 Å². The monoisotopic (exact) mass is 531 g/mol. The molecule has 1 saturated carbocycles. The number of carboxylic acids is 1. The van der Waals surface area contributed by atoms with Crippen LogP contribution >= 0.6 is 11.6 Å². The first kappa shape index (κ1) is 25.8. The summed E-state index contributed by atoms with van der Waals surface area (Å²) >= 11 is 6.50. The molecule has 1 amide bonds. The third-order valence-corrected chi connectivity index (χ3v) is 7.53. The van der Waals surface area contributed by atoms with Crippen molar-refractivity contribution in [2.75, 3.05) is 6.61 Å². The van der Waals surface area contributed by atoms with Gasteiger partial charge in [0.05, 0.1) is 23.6 Å². The quantitative estimate of drug-likeness (QED) is 0.283. The lowest BCUT2D eigenvalue weighted by molar-refractivity contribution is -0.142. The predicted molar refractivity (Wildman–Crippen MR) is 148 cm³/mol. The summed E-state index contributed by atoms with van der Waals surface area (Å²) in [4.78, 5) is 28.8. The first-order valence-corrected chi connectivity index (χ1v) is 13.3. The number of hydrogen-bond donors (Lipinski definition) is 2. The Bertz CT molecular complexity index is 1460. The highest BCUT2D eigenvalue weighted by Crippen LogP contribution is 2.30. The summed E-state index contributed by atoms with van der Waals surface area (Å²) in [6.45, 7) is 3.08. The van der Waals surface area contributed by atoms with Gasteiger partial charge in [-0.15, -0.1) is 0 Å². The van der Waals surface area contributed by atoms with Crippen molar-refractivity contribution in [1.82, 2.24) is 14.9 Å². The Morgan fingerprint density at radius 1 is 1.05 bits per heavy atom. The minimum atomic E-state index is -0.754. The molecule has 196 valence electrons. The fourth-order valence-corrected chi connectivity index (χ4v) is 5.38. The number of carbonyl (C=O) groups excluding carboxylic acids is 1. The zero-order chi connectivity index (χ0) is 26.6. The number of amides is 1. The van der Waals surface area contributed by atoms with Crippen LogP contribution in [0, 0.1) is 5.92 Å². The SMILES string of the molecule is CCOc1cc(-c2ccc(Cn3ccc4c(Cl)ccc(C(=O)NC5CCC(C(=O)O)CC5)c43)cc2)ccn1. The second-order valence-corrected chi connectivity index (χ2v) is 10.1. The van der Waals surface area contributed by atoms with Crippen molar-refractivity contribution in [3.05, 3.63) is 83.1 Å². The van der Waals surface area contributed by atoms with Crippen LogP contribution in [0.4, 0.5) is 0 Å². The van der Waals surface area contributed by atoms with Gasteiger partial charge in [0, 0.05) is 41.5 Å². The summed E-state index contributed by atoms with van der Waals surface area (Å²) in [7, 11) is 0. The van der Waals surface area contributed by atoms with Gasteiger partial charge in [0.15, 0.2) is 0 Å². The Morgan fingerprint density at radius 2 is 1.82 bits per heavy atom. The van der Waals surface area contributed by atoms with Gasteiger partial charge in [-0.3, -0.25) is 9.59 Å². The average Bonchev–Trinajstić information content (AvgIpc) is 3.34. The van der Waals surface area contributed by atoms with E-state index in [-0.39, 0.29) is 17.9 Å². The molecule has 0 aliphatic heterocycles. The highest BCUT2D eigenvalue weighted by molar-refractivity contribution is 6.36. The van der Waals surface area contributed by atoms with Gasteiger partial charge in [-0.05, 0) is 73.6 Å². The zero-order valence-corrected chi connectivity index (χ0v) is 21.9. The van der Waals surface area contributed by atoms with Crippen LogP contribution < -0.4 is 10.1 Å². The third-order valence-electron chi connectivity index (χ3n) is 7.20. The van der Waals surface area contributed by atoms with Crippen molar-refractivity contribution in [2.24, 2.45) is 5.92 Å². The maximum Gasteiger partial charge on any atom is 0.306 e. The van der Waals surface area contributed by atoms with Crippen LogP contribution in [-0.4, -0.2) is 39.2 Å². The van der Waals surface area contributed by atoms with Crippen molar-refractivity contribution in [2.45, 2.75) is 45.2 Å². The Hall–Kier alpha value is -3.84. The number of aromatic nitrogens is 2. The van der Waals surface area contributed by atoms with Gasteiger partial charge in [-0.25, -0.2) is 4.98 Å². The number of fused-ring (bicyclic) bond motifs is 1. The minimum Gasteiger partial charge on any atom is -0.481 e. The number of halogens is 1. The molecule has 2 aromatic carbocycles. The predicted octanol–water partition coefficient (Wildman–Crippen LogP) is 6.18. The number of nitrogens with one attached hydrogen (secondary N) is 1. The standard InChI is InChI=1S/C30H30ClN3O4/c1-2-38-27-17-22(13-15-32-27)20-5-3-19(4-6-20)18-34-16-14-24-26(31)12-11-25(28(24)34)29(35)33-23-9-7-21(8-10-23)30(36)37/h3-6,11-17,21,23H,2,7-10,18H2,1H3,(H,33,35)(H,36,37). The summed E-state index contributed by atoms with van der Waals surface area (Å²) in [6.07, 6.45) is 6.18. The van der Waals surface area contributed by atoms with Crippen LogP contribution in [0.1, 0.15) is 48.5 Å². The van der Waals surface area contributed by atoms with Crippen LogP contribution in [0.15, 0.2) is 67.0 Å². The molecule has 2 aromatic heterocycles. The summed E-state index contributed by atoms with van der Waals surface area (Å²) < 4.78 is 7.57. The van der Waals surface area contributed by atoms with E-state index in [1.807, 2.05) is 35.9 Å². The number of ether oxygens (including phenoxy) is 1. The van der Waals surface area contributed by atoms with Crippen molar-refractivity contribution < 1.29 is 19.4 Å². The zero-order valence-electron chi connectivity index (χ0n) is 21.2. The molecule has 5 rings (SSSR count). The largest absolute Gasteiger partial charge is 0.481 e. The molecule has 0 saturated heterocycles.